The van der Waals surface area contributed by atoms with Gasteiger partial charge in [0.1, 0.15) is 0 Å². The number of nitrogens with zero attached hydrogens (tertiary/aromatic N) is 1. The van der Waals surface area contributed by atoms with Gasteiger partial charge in [-0.2, -0.15) is 0 Å². The van der Waals surface area contributed by atoms with Crippen LogP contribution in [0, 0.1) is 0 Å². The summed E-state index contributed by atoms with van der Waals surface area (Å²) < 4.78 is 1.27. The van der Waals surface area contributed by atoms with Gasteiger partial charge in [-0.05, 0) is 12.5 Å². The van der Waals surface area contributed by atoms with E-state index < -0.39 is 5.97 Å². The molecular weight excluding hydrogens is 234 g/mol. The molecule has 1 aromatic heterocycles. The molecule has 1 N–H and O–H groups in total. The number of rotatable bonds is 5. The standard InChI is InChI=1S/C13H15NO2S/c1-14(8-4-7-13(15)16)11-9-17-12-6-3-2-5-10(11)12/h2-3,5-6,9H,4,7-8H2,1H3,(H,15,16). The Bertz CT molecular complexity index is 521. The lowest BCUT2D eigenvalue weighted by molar-refractivity contribution is -0.137. The molecule has 0 amide bonds. The highest BCUT2D eigenvalue weighted by molar-refractivity contribution is 7.17. The Hall–Kier alpha value is -1.55. The van der Waals surface area contributed by atoms with Crippen molar-refractivity contribution in [3.63, 3.8) is 0 Å². The monoisotopic (exact) mass is 249 g/mol. The van der Waals surface area contributed by atoms with Crippen LogP contribution in [0.3, 0.4) is 0 Å². The summed E-state index contributed by atoms with van der Waals surface area (Å²) in [5.74, 6) is -0.728. The largest absolute Gasteiger partial charge is 0.481 e. The summed E-state index contributed by atoms with van der Waals surface area (Å²) in [4.78, 5) is 12.6. The fourth-order valence-corrected chi connectivity index (χ4v) is 2.85. The molecule has 0 radical (unpaired) electrons. The molecule has 1 heterocycles. The highest BCUT2D eigenvalue weighted by Gasteiger charge is 2.08. The van der Waals surface area contributed by atoms with Crippen LogP contribution in [0.4, 0.5) is 5.69 Å². The molecule has 1 aromatic carbocycles. The zero-order valence-electron chi connectivity index (χ0n) is 9.72. The van der Waals surface area contributed by atoms with E-state index >= 15 is 0 Å². The van der Waals surface area contributed by atoms with Gasteiger partial charge in [0.2, 0.25) is 0 Å². The second kappa shape index (κ2) is 5.19. The van der Waals surface area contributed by atoms with Gasteiger partial charge in [-0.15, -0.1) is 11.3 Å². The SMILES string of the molecule is CN(CCCC(=O)O)c1csc2ccccc12. The molecule has 0 aliphatic heterocycles. The highest BCUT2D eigenvalue weighted by Crippen LogP contribution is 2.32. The topological polar surface area (TPSA) is 40.5 Å². The van der Waals surface area contributed by atoms with Crippen molar-refractivity contribution in [1.29, 1.82) is 0 Å². The number of carboxylic acids is 1. The van der Waals surface area contributed by atoms with Crippen LogP contribution in [-0.2, 0) is 4.79 Å². The smallest absolute Gasteiger partial charge is 0.303 e. The van der Waals surface area contributed by atoms with Crippen molar-refractivity contribution in [1.82, 2.24) is 0 Å². The molecule has 0 bridgehead atoms. The Labute approximate surface area is 104 Å². The first-order valence-corrected chi connectivity index (χ1v) is 6.45. The van der Waals surface area contributed by atoms with Gasteiger partial charge in [-0.1, -0.05) is 18.2 Å². The zero-order chi connectivity index (χ0) is 12.3. The highest BCUT2D eigenvalue weighted by atomic mass is 32.1. The lowest BCUT2D eigenvalue weighted by Gasteiger charge is -2.17. The van der Waals surface area contributed by atoms with Gasteiger partial charge in [-0.25, -0.2) is 0 Å². The van der Waals surface area contributed by atoms with E-state index in [2.05, 4.69) is 22.4 Å². The van der Waals surface area contributed by atoms with Crippen LogP contribution in [0.2, 0.25) is 0 Å². The quantitative estimate of drug-likeness (QED) is 0.884. The van der Waals surface area contributed by atoms with Crippen LogP contribution in [0.25, 0.3) is 10.1 Å². The molecule has 0 fully saturated rings. The molecule has 2 rings (SSSR count). The average molecular weight is 249 g/mol. The Morgan fingerprint density at radius 3 is 2.94 bits per heavy atom. The zero-order valence-corrected chi connectivity index (χ0v) is 10.5. The van der Waals surface area contributed by atoms with Gasteiger partial charge >= 0.3 is 5.97 Å². The Balaban J connectivity index is 2.08. The fourth-order valence-electron chi connectivity index (χ4n) is 1.85. The number of carboxylic acid groups (broad SMARTS) is 1. The molecule has 0 aliphatic carbocycles. The predicted molar refractivity (Wildman–Crippen MR) is 72.0 cm³/mol. The van der Waals surface area contributed by atoms with E-state index in [1.165, 1.54) is 15.8 Å². The molecule has 90 valence electrons. The third-order valence-electron chi connectivity index (χ3n) is 2.76. The Morgan fingerprint density at radius 2 is 2.18 bits per heavy atom. The van der Waals surface area contributed by atoms with Crippen molar-refractivity contribution in [2.24, 2.45) is 0 Å². The number of anilines is 1. The average Bonchev–Trinajstić information content (AvgIpc) is 2.72. The minimum absolute atomic E-state index is 0.229. The van der Waals surface area contributed by atoms with E-state index in [9.17, 15) is 4.79 Å². The maximum atomic E-state index is 10.5. The second-order valence-electron chi connectivity index (χ2n) is 4.04. The van der Waals surface area contributed by atoms with E-state index in [4.69, 9.17) is 5.11 Å². The molecule has 0 spiro atoms. The number of aliphatic carboxylic acids is 1. The summed E-state index contributed by atoms with van der Waals surface area (Å²) in [6, 6.07) is 8.28. The predicted octanol–water partition coefficient (Wildman–Crippen LogP) is 3.20. The van der Waals surface area contributed by atoms with Crippen LogP contribution >= 0.6 is 11.3 Å². The number of hydrogen-bond donors (Lipinski definition) is 1. The first-order chi connectivity index (χ1) is 8.18. The second-order valence-corrected chi connectivity index (χ2v) is 4.95. The Morgan fingerprint density at radius 1 is 1.41 bits per heavy atom. The summed E-state index contributed by atoms with van der Waals surface area (Å²) in [7, 11) is 2.01. The van der Waals surface area contributed by atoms with Crippen molar-refractivity contribution in [2.45, 2.75) is 12.8 Å². The first-order valence-electron chi connectivity index (χ1n) is 5.57. The number of hydrogen-bond acceptors (Lipinski definition) is 3. The number of thiophene rings is 1. The van der Waals surface area contributed by atoms with E-state index in [1.54, 1.807) is 11.3 Å². The van der Waals surface area contributed by atoms with Crippen molar-refractivity contribution in [3.05, 3.63) is 29.6 Å². The molecule has 17 heavy (non-hydrogen) atoms. The van der Waals surface area contributed by atoms with Crippen molar-refractivity contribution in [2.75, 3.05) is 18.5 Å². The lowest BCUT2D eigenvalue weighted by Crippen LogP contribution is -2.18. The fraction of sp³-hybridized carbons (Fsp3) is 0.308. The maximum Gasteiger partial charge on any atom is 0.303 e. The molecule has 0 atom stereocenters. The summed E-state index contributed by atoms with van der Waals surface area (Å²) in [5, 5.41) is 12.0. The minimum atomic E-state index is -0.728. The molecule has 2 aromatic rings. The summed E-state index contributed by atoms with van der Waals surface area (Å²) in [5.41, 5.74) is 1.19. The van der Waals surface area contributed by atoms with Crippen LogP contribution in [0.5, 0.6) is 0 Å². The van der Waals surface area contributed by atoms with Crippen molar-refractivity contribution < 1.29 is 9.90 Å². The van der Waals surface area contributed by atoms with E-state index in [0.29, 0.717) is 6.42 Å². The number of fused-ring (bicyclic) bond motifs is 1. The minimum Gasteiger partial charge on any atom is -0.481 e. The third kappa shape index (κ3) is 2.77. The van der Waals surface area contributed by atoms with E-state index in [0.717, 1.165) is 6.54 Å². The van der Waals surface area contributed by atoms with Crippen LogP contribution in [-0.4, -0.2) is 24.7 Å². The molecule has 4 heteroatoms. The first kappa shape index (κ1) is 11.9. The maximum absolute atomic E-state index is 10.5. The summed E-state index contributed by atoms with van der Waals surface area (Å²) in [6.45, 7) is 0.771. The van der Waals surface area contributed by atoms with Crippen LogP contribution < -0.4 is 4.90 Å². The lowest BCUT2D eigenvalue weighted by atomic mass is 10.2. The van der Waals surface area contributed by atoms with Crippen LogP contribution in [0.15, 0.2) is 29.6 Å². The normalized spacial score (nSPS) is 10.6. The van der Waals surface area contributed by atoms with Gasteiger partial charge in [-0.3, -0.25) is 4.79 Å². The van der Waals surface area contributed by atoms with E-state index in [-0.39, 0.29) is 6.42 Å². The van der Waals surface area contributed by atoms with Gasteiger partial charge in [0, 0.05) is 35.5 Å². The van der Waals surface area contributed by atoms with Gasteiger partial charge in [0.15, 0.2) is 0 Å². The van der Waals surface area contributed by atoms with Crippen molar-refractivity contribution in [3.8, 4) is 0 Å². The number of benzene rings is 1. The molecule has 0 unspecified atom stereocenters. The van der Waals surface area contributed by atoms with Gasteiger partial charge in [0.05, 0.1) is 5.69 Å². The molecule has 0 saturated heterocycles. The molecular formula is C13H15NO2S. The summed E-state index contributed by atoms with van der Waals surface area (Å²) in [6.07, 6.45) is 0.905. The number of carbonyl (C=O) groups is 1. The Kier molecular flexibility index (Phi) is 3.64. The van der Waals surface area contributed by atoms with Gasteiger partial charge < -0.3 is 10.0 Å². The third-order valence-corrected chi connectivity index (χ3v) is 3.71. The van der Waals surface area contributed by atoms with Crippen LogP contribution in [0.1, 0.15) is 12.8 Å². The molecule has 0 saturated carbocycles. The van der Waals surface area contributed by atoms with Crippen molar-refractivity contribution >= 4 is 33.1 Å². The van der Waals surface area contributed by atoms with Gasteiger partial charge in [0.25, 0.3) is 0 Å². The molecule has 3 nitrogen and oxygen atoms in total. The molecule has 0 aliphatic rings. The summed E-state index contributed by atoms with van der Waals surface area (Å²) >= 11 is 1.72. The van der Waals surface area contributed by atoms with E-state index in [1.807, 2.05) is 19.2 Å².